The van der Waals surface area contributed by atoms with Crippen LogP contribution in [0.3, 0.4) is 0 Å². The van der Waals surface area contributed by atoms with Crippen molar-refractivity contribution in [3.05, 3.63) is 0 Å². The molecule has 1 saturated heterocycles. The van der Waals surface area contributed by atoms with E-state index < -0.39 is 18.1 Å². The van der Waals surface area contributed by atoms with Gasteiger partial charge in [-0.05, 0) is 19.4 Å². The average Bonchev–Trinajstić information content (AvgIpc) is 2.53. The first kappa shape index (κ1) is 11.1. The molecule has 0 radical (unpaired) electrons. The van der Waals surface area contributed by atoms with Crippen LogP contribution in [0.2, 0.25) is 0 Å². The molecule has 80 valence electrons. The first-order valence-corrected chi connectivity index (χ1v) is 4.58. The standard InChI is InChI=1S/C8H15N3O3/c9-6(10)4-7(12)14-8(13)5-2-1-3-11-5/h5-6,11H,1-4,9-10H2/t5-/m1/s1. The number of carbonyl (C=O) groups excluding carboxylic acids is 2. The Morgan fingerprint density at radius 2 is 2.21 bits per heavy atom. The summed E-state index contributed by atoms with van der Waals surface area (Å²) in [5.74, 6) is -1.20. The highest BCUT2D eigenvalue weighted by molar-refractivity contribution is 5.88. The van der Waals surface area contributed by atoms with Crippen molar-refractivity contribution in [2.24, 2.45) is 11.5 Å². The third kappa shape index (κ3) is 3.41. The Morgan fingerprint density at radius 3 is 2.71 bits per heavy atom. The molecule has 0 spiro atoms. The van der Waals surface area contributed by atoms with Gasteiger partial charge in [-0.1, -0.05) is 0 Å². The van der Waals surface area contributed by atoms with E-state index in [0.29, 0.717) is 6.42 Å². The van der Waals surface area contributed by atoms with Crippen molar-refractivity contribution in [3.63, 3.8) is 0 Å². The summed E-state index contributed by atoms with van der Waals surface area (Å²) < 4.78 is 4.54. The molecule has 14 heavy (non-hydrogen) atoms. The zero-order valence-electron chi connectivity index (χ0n) is 7.86. The largest absolute Gasteiger partial charge is 0.392 e. The molecule has 6 nitrogen and oxygen atoms in total. The highest BCUT2D eigenvalue weighted by Crippen LogP contribution is 2.06. The lowest BCUT2D eigenvalue weighted by Gasteiger charge is -2.09. The van der Waals surface area contributed by atoms with Crippen LogP contribution in [-0.2, 0) is 14.3 Å². The van der Waals surface area contributed by atoms with Crippen molar-refractivity contribution in [1.82, 2.24) is 5.32 Å². The zero-order chi connectivity index (χ0) is 10.6. The lowest BCUT2D eigenvalue weighted by atomic mass is 10.2. The number of ether oxygens (including phenoxy) is 1. The molecule has 0 aromatic carbocycles. The Bertz CT molecular complexity index is 224. The Hall–Kier alpha value is -0.980. The van der Waals surface area contributed by atoms with E-state index in [-0.39, 0.29) is 12.5 Å². The Morgan fingerprint density at radius 1 is 1.50 bits per heavy atom. The van der Waals surface area contributed by atoms with Gasteiger partial charge in [-0.15, -0.1) is 0 Å². The number of nitrogens with one attached hydrogen (secondary N) is 1. The Labute approximate surface area is 82.0 Å². The van der Waals surface area contributed by atoms with E-state index >= 15 is 0 Å². The second-order valence-corrected chi connectivity index (χ2v) is 3.31. The maximum Gasteiger partial charge on any atom is 0.330 e. The first-order chi connectivity index (χ1) is 6.59. The first-order valence-electron chi connectivity index (χ1n) is 4.58. The maximum absolute atomic E-state index is 11.3. The van der Waals surface area contributed by atoms with Crippen molar-refractivity contribution in [1.29, 1.82) is 0 Å². The Balaban J connectivity index is 2.28. The summed E-state index contributed by atoms with van der Waals surface area (Å²) in [7, 11) is 0. The summed E-state index contributed by atoms with van der Waals surface area (Å²) in [4.78, 5) is 22.2. The van der Waals surface area contributed by atoms with Gasteiger partial charge >= 0.3 is 11.9 Å². The number of carbonyl (C=O) groups is 2. The molecule has 0 saturated carbocycles. The predicted molar refractivity (Wildman–Crippen MR) is 48.9 cm³/mol. The summed E-state index contributed by atoms with van der Waals surface area (Å²) >= 11 is 0. The molecular formula is C8H15N3O3. The lowest BCUT2D eigenvalue weighted by molar-refractivity contribution is -0.161. The fourth-order valence-electron chi connectivity index (χ4n) is 1.30. The summed E-state index contributed by atoms with van der Waals surface area (Å²) in [6, 6.07) is -0.354. The van der Waals surface area contributed by atoms with E-state index in [2.05, 4.69) is 10.1 Å². The SMILES string of the molecule is NC(N)CC(=O)OC(=O)[C@H]1CCCN1. The third-order valence-corrected chi connectivity index (χ3v) is 1.96. The average molecular weight is 201 g/mol. The zero-order valence-corrected chi connectivity index (χ0v) is 7.86. The molecule has 0 aromatic rings. The van der Waals surface area contributed by atoms with Gasteiger partial charge in [0.25, 0.3) is 0 Å². The third-order valence-electron chi connectivity index (χ3n) is 1.96. The lowest BCUT2D eigenvalue weighted by Crippen LogP contribution is -2.37. The molecular weight excluding hydrogens is 186 g/mol. The van der Waals surface area contributed by atoms with Crippen molar-refractivity contribution in [2.45, 2.75) is 31.5 Å². The van der Waals surface area contributed by atoms with Gasteiger partial charge in [0.2, 0.25) is 0 Å². The van der Waals surface area contributed by atoms with Crippen molar-refractivity contribution >= 4 is 11.9 Å². The van der Waals surface area contributed by atoms with Crippen LogP contribution < -0.4 is 16.8 Å². The van der Waals surface area contributed by atoms with Crippen molar-refractivity contribution in [3.8, 4) is 0 Å². The van der Waals surface area contributed by atoms with E-state index in [1.165, 1.54) is 0 Å². The van der Waals surface area contributed by atoms with Gasteiger partial charge in [-0.3, -0.25) is 4.79 Å². The number of nitrogens with two attached hydrogens (primary N) is 2. The van der Waals surface area contributed by atoms with Crippen LogP contribution in [0.4, 0.5) is 0 Å². The minimum absolute atomic E-state index is 0.140. The van der Waals surface area contributed by atoms with Crippen LogP contribution >= 0.6 is 0 Å². The molecule has 0 unspecified atom stereocenters. The summed E-state index contributed by atoms with van der Waals surface area (Å²) in [5.41, 5.74) is 10.3. The quantitative estimate of drug-likeness (QED) is 0.289. The van der Waals surface area contributed by atoms with Crippen LogP contribution in [0.15, 0.2) is 0 Å². The molecule has 0 bridgehead atoms. The number of hydrogen-bond donors (Lipinski definition) is 3. The van der Waals surface area contributed by atoms with Crippen LogP contribution in [-0.4, -0.2) is 30.7 Å². The van der Waals surface area contributed by atoms with Gasteiger partial charge in [0, 0.05) is 0 Å². The number of hydrogen-bond acceptors (Lipinski definition) is 6. The van der Waals surface area contributed by atoms with Gasteiger partial charge in [0.15, 0.2) is 0 Å². The molecule has 0 amide bonds. The van der Waals surface area contributed by atoms with Crippen LogP contribution in [0, 0.1) is 0 Å². The van der Waals surface area contributed by atoms with Gasteiger partial charge in [0.05, 0.1) is 12.6 Å². The van der Waals surface area contributed by atoms with Gasteiger partial charge in [-0.2, -0.15) is 0 Å². The fraction of sp³-hybridized carbons (Fsp3) is 0.750. The molecule has 1 aliphatic rings. The van der Waals surface area contributed by atoms with Crippen LogP contribution in [0.1, 0.15) is 19.3 Å². The highest BCUT2D eigenvalue weighted by Gasteiger charge is 2.25. The monoisotopic (exact) mass is 201 g/mol. The van der Waals surface area contributed by atoms with E-state index in [1.54, 1.807) is 0 Å². The van der Waals surface area contributed by atoms with Crippen LogP contribution in [0.25, 0.3) is 0 Å². The highest BCUT2D eigenvalue weighted by atomic mass is 16.6. The van der Waals surface area contributed by atoms with E-state index in [0.717, 1.165) is 13.0 Å². The molecule has 0 aromatic heterocycles. The van der Waals surface area contributed by atoms with Gasteiger partial charge < -0.3 is 21.5 Å². The number of esters is 2. The second kappa shape index (κ2) is 5.04. The molecule has 5 N–H and O–H groups in total. The summed E-state index contributed by atoms with van der Waals surface area (Å²) in [6.07, 6.45) is 0.718. The predicted octanol–water partition coefficient (Wildman–Crippen LogP) is -1.56. The van der Waals surface area contributed by atoms with Gasteiger partial charge in [0.1, 0.15) is 6.04 Å². The smallest absolute Gasteiger partial charge is 0.330 e. The maximum atomic E-state index is 11.3. The number of rotatable bonds is 3. The Kier molecular flexibility index (Phi) is 3.99. The molecule has 6 heteroatoms. The molecule has 1 aliphatic heterocycles. The minimum atomic E-state index is -0.771. The minimum Gasteiger partial charge on any atom is -0.392 e. The normalized spacial score (nSPS) is 21.2. The fourth-order valence-corrected chi connectivity index (χ4v) is 1.30. The van der Waals surface area contributed by atoms with Crippen LogP contribution in [0.5, 0.6) is 0 Å². The molecule has 1 heterocycles. The summed E-state index contributed by atoms with van der Waals surface area (Å²) in [5, 5.41) is 2.93. The molecule has 1 atom stereocenters. The van der Waals surface area contributed by atoms with E-state index in [1.807, 2.05) is 0 Å². The molecule has 1 fully saturated rings. The summed E-state index contributed by atoms with van der Waals surface area (Å²) in [6.45, 7) is 0.782. The van der Waals surface area contributed by atoms with Crippen molar-refractivity contribution in [2.75, 3.05) is 6.54 Å². The second-order valence-electron chi connectivity index (χ2n) is 3.31. The topological polar surface area (TPSA) is 107 Å². The molecule has 0 aliphatic carbocycles. The van der Waals surface area contributed by atoms with E-state index in [4.69, 9.17) is 11.5 Å². The van der Waals surface area contributed by atoms with Crippen molar-refractivity contribution < 1.29 is 14.3 Å². The molecule has 1 rings (SSSR count). The van der Waals surface area contributed by atoms with Gasteiger partial charge in [-0.25, -0.2) is 4.79 Å². The van der Waals surface area contributed by atoms with E-state index in [9.17, 15) is 9.59 Å².